The van der Waals surface area contributed by atoms with Gasteiger partial charge >= 0.3 is 6.09 Å². The summed E-state index contributed by atoms with van der Waals surface area (Å²) in [5, 5.41) is 9.73. The number of hydrogen-bond acceptors (Lipinski definition) is 5. The average Bonchev–Trinajstić information content (AvgIpc) is 2.34. The summed E-state index contributed by atoms with van der Waals surface area (Å²) in [4.78, 5) is 20.9. The second-order valence-corrected chi connectivity index (χ2v) is 4.93. The fraction of sp³-hybridized carbons (Fsp3) is 0.583. The van der Waals surface area contributed by atoms with Crippen LogP contribution in [-0.4, -0.2) is 45.3 Å². The lowest BCUT2D eigenvalue weighted by Crippen LogP contribution is -2.43. The first-order valence-corrected chi connectivity index (χ1v) is 5.68. The van der Waals surface area contributed by atoms with E-state index in [1.54, 1.807) is 13.1 Å². The van der Waals surface area contributed by atoms with E-state index >= 15 is 0 Å². The van der Waals surface area contributed by atoms with Crippen molar-refractivity contribution in [1.82, 2.24) is 14.9 Å². The summed E-state index contributed by atoms with van der Waals surface area (Å²) in [6, 6.07) is 1.65. The first kappa shape index (κ1) is 14.4. The van der Waals surface area contributed by atoms with E-state index < -0.39 is 12.2 Å². The zero-order chi connectivity index (χ0) is 13.8. The molecular formula is C12H19N3O3. The molecule has 0 aliphatic carbocycles. The molecule has 1 aromatic heterocycles. The van der Waals surface area contributed by atoms with Crippen LogP contribution >= 0.6 is 0 Å². The number of nitrogens with zero attached hydrogens (tertiary/aromatic N) is 3. The molecule has 0 unspecified atom stereocenters. The van der Waals surface area contributed by atoms with E-state index in [0.717, 1.165) is 0 Å². The standard InChI is InChI=1S/C12H19N3O3/c1-12(2,3)15(4)11(17)18-8-9(16)10-13-6-5-7-14-10/h5-7,9,16H,8H2,1-4H3/t9-/m0/s1. The van der Waals surface area contributed by atoms with E-state index in [0.29, 0.717) is 0 Å². The van der Waals surface area contributed by atoms with Gasteiger partial charge in [-0.15, -0.1) is 0 Å². The summed E-state index contributed by atoms with van der Waals surface area (Å²) in [6.45, 7) is 5.52. The molecule has 0 aliphatic heterocycles. The summed E-state index contributed by atoms with van der Waals surface area (Å²) < 4.78 is 5.00. The second-order valence-electron chi connectivity index (χ2n) is 4.93. The second kappa shape index (κ2) is 5.77. The quantitative estimate of drug-likeness (QED) is 0.880. The molecule has 6 nitrogen and oxygen atoms in total. The maximum atomic E-state index is 11.7. The van der Waals surface area contributed by atoms with E-state index in [4.69, 9.17) is 4.74 Å². The highest BCUT2D eigenvalue weighted by atomic mass is 16.6. The van der Waals surface area contributed by atoms with Crippen LogP contribution in [0.3, 0.4) is 0 Å². The molecule has 0 saturated carbocycles. The molecule has 0 aliphatic rings. The fourth-order valence-electron chi connectivity index (χ4n) is 1.08. The van der Waals surface area contributed by atoms with Gasteiger partial charge in [0.2, 0.25) is 0 Å². The summed E-state index contributed by atoms with van der Waals surface area (Å²) >= 11 is 0. The first-order chi connectivity index (χ1) is 8.32. The molecule has 0 fully saturated rings. The van der Waals surface area contributed by atoms with Crippen LogP contribution in [0, 0.1) is 0 Å². The third kappa shape index (κ3) is 3.96. The summed E-state index contributed by atoms with van der Waals surface area (Å²) in [5.41, 5.74) is -0.328. The summed E-state index contributed by atoms with van der Waals surface area (Å²) in [7, 11) is 1.65. The number of aliphatic hydroxyl groups is 1. The van der Waals surface area contributed by atoms with Crippen molar-refractivity contribution in [2.45, 2.75) is 32.4 Å². The van der Waals surface area contributed by atoms with Gasteiger partial charge in [0, 0.05) is 25.0 Å². The molecular weight excluding hydrogens is 234 g/mol. The smallest absolute Gasteiger partial charge is 0.410 e. The van der Waals surface area contributed by atoms with Gasteiger partial charge in [0.15, 0.2) is 5.82 Å². The number of aliphatic hydroxyl groups excluding tert-OH is 1. The Labute approximate surface area is 107 Å². The van der Waals surface area contributed by atoms with Crippen molar-refractivity contribution < 1.29 is 14.6 Å². The van der Waals surface area contributed by atoms with E-state index in [2.05, 4.69) is 9.97 Å². The first-order valence-electron chi connectivity index (χ1n) is 5.68. The van der Waals surface area contributed by atoms with Gasteiger partial charge in [0.05, 0.1) is 0 Å². The highest BCUT2D eigenvalue weighted by molar-refractivity contribution is 5.68. The van der Waals surface area contributed by atoms with Crippen LogP contribution in [0.5, 0.6) is 0 Å². The number of ether oxygens (including phenoxy) is 1. The fourth-order valence-corrected chi connectivity index (χ4v) is 1.08. The van der Waals surface area contributed by atoms with Gasteiger partial charge < -0.3 is 14.7 Å². The Kier molecular flexibility index (Phi) is 4.61. The minimum absolute atomic E-state index is 0.163. The van der Waals surface area contributed by atoms with Crippen LogP contribution in [0.2, 0.25) is 0 Å². The molecule has 1 aromatic rings. The molecule has 0 bridgehead atoms. The van der Waals surface area contributed by atoms with Gasteiger partial charge in [-0.3, -0.25) is 0 Å². The van der Waals surface area contributed by atoms with Crippen molar-refractivity contribution in [2.75, 3.05) is 13.7 Å². The lowest BCUT2D eigenvalue weighted by atomic mass is 10.1. The Morgan fingerprint density at radius 2 is 2.00 bits per heavy atom. The minimum atomic E-state index is -1.01. The average molecular weight is 253 g/mol. The normalized spacial score (nSPS) is 12.9. The lowest BCUT2D eigenvalue weighted by Gasteiger charge is -2.31. The maximum Gasteiger partial charge on any atom is 0.410 e. The van der Waals surface area contributed by atoms with Crippen LogP contribution in [0.4, 0.5) is 4.79 Å². The number of amides is 1. The van der Waals surface area contributed by atoms with Crippen LogP contribution in [-0.2, 0) is 4.74 Å². The molecule has 1 heterocycles. The lowest BCUT2D eigenvalue weighted by molar-refractivity contribution is 0.0339. The third-order valence-corrected chi connectivity index (χ3v) is 2.53. The van der Waals surface area contributed by atoms with Crippen LogP contribution in [0.1, 0.15) is 32.7 Å². The van der Waals surface area contributed by atoms with Gasteiger partial charge in [0.25, 0.3) is 0 Å². The maximum absolute atomic E-state index is 11.7. The molecule has 100 valence electrons. The van der Waals surface area contributed by atoms with E-state index in [9.17, 15) is 9.90 Å². The molecule has 6 heteroatoms. The summed E-state index contributed by atoms with van der Waals surface area (Å²) in [6.07, 6.45) is 1.55. The molecule has 1 amide bonds. The van der Waals surface area contributed by atoms with Crippen molar-refractivity contribution in [1.29, 1.82) is 0 Å². The molecule has 1 N–H and O–H groups in total. The highest BCUT2D eigenvalue weighted by Crippen LogP contribution is 2.13. The number of rotatable bonds is 3. The van der Waals surface area contributed by atoms with Crippen molar-refractivity contribution >= 4 is 6.09 Å². The van der Waals surface area contributed by atoms with E-state index in [-0.39, 0.29) is 18.0 Å². The van der Waals surface area contributed by atoms with Crippen LogP contribution < -0.4 is 0 Å². The highest BCUT2D eigenvalue weighted by Gasteiger charge is 2.24. The van der Waals surface area contributed by atoms with E-state index in [1.807, 2.05) is 20.8 Å². The van der Waals surface area contributed by atoms with E-state index in [1.165, 1.54) is 17.3 Å². The van der Waals surface area contributed by atoms with Gasteiger partial charge in [-0.05, 0) is 26.8 Å². The van der Waals surface area contributed by atoms with Crippen molar-refractivity contribution in [2.24, 2.45) is 0 Å². The van der Waals surface area contributed by atoms with Gasteiger partial charge in [-0.25, -0.2) is 14.8 Å². The Hall–Kier alpha value is -1.69. The van der Waals surface area contributed by atoms with Crippen LogP contribution in [0.25, 0.3) is 0 Å². The minimum Gasteiger partial charge on any atom is -0.446 e. The van der Waals surface area contributed by atoms with Crippen molar-refractivity contribution in [3.63, 3.8) is 0 Å². The molecule has 1 rings (SSSR count). The number of aromatic nitrogens is 2. The Balaban J connectivity index is 2.49. The van der Waals surface area contributed by atoms with Gasteiger partial charge in [0.1, 0.15) is 12.7 Å². The third-order valence-electron chi connectivity index (χ3n) is 2.53. The monoisotopic (exact) mass is 253 g/mol. The molecule has 0 aromatic carbocycles. The SMILES string of the molecule is CN(C(=O)OC[C@H](O)c1ncccn1)C(C)(C)C. The molecule has 1 atom stereocenters. The van der Waals surface area contributed by atoms with Crippen molar-refractivity contribution in [3.8, 4) is 0 Å². The van der Waals surface area contributed by atoms with Gasteiger partial charge in [-0.2, -0.15) is 0 Å². The Morgan fingerprint density at radius 3 is 2.50 bits per heavy atom. The molecule has 18 heavy (non-hydrogen) atoms. The largest absolute Gasteiger partial charge is 0.446 e. The zero-order valence-electron chi connectivity index (χ0n) is 11.1. The zero-order valence-corrected chi connectivity index (χ0v) is 11.1. The molecule has 0 spiro atoms. The Morgan fingerprint density at radius 1 is 1.44 bits per heavy atom. The topological polar surface area (TPSA) is 75.6 Å². The molecule has 0 radical (unpaired) electrons. The van der Waals surface area contributed by atoms with Crippen molar-refractivity contribution in [3.05, 3.63) is 24.3 Å². The Bertz CT molecular complexity index is 389. The number of hydrogen-bond donors (Lipinski definition) is 1. The summed E-state index contributed by atoms with van der Waals surface area (Å²) in [5.74, 6) is 0.240. The molecule has 0 saturated heterocycles. The van der Waals surface area contributed by atoms with Gasteiger partial charge in [-0.1, -0.05) is 0 Å². The predicted molar refractivity (Wildman–Crippen MR) is 65.9 cm³/mol. The number of carbonyl (C=O) groups is 1. The van der Waals surface area contributed by atoms with Crippen LogP contribution in [0.15, 0.2) is 18.5 Å². The predicted octanol–water partition coefficient (Wildman–Crippen LogP) is 1.38. The number of carbonyl (C=O) groups excluding carboxylic acids is 1.